The predicted molar refractivity (Wildman–Crippen MR) is 58.9 cm³/mol. The van der Waals surface area contributed by atoms with Crippen molar-refractivity contribution >= 4 is 31.9 Å². The van der Waals surface area contributed by atoms with Crippen molar-refractivity contribution in [2.75, 3.05) is 6.54 Å². The van der Waals surface area contributed by atoms with Crippen LogP contribution in [0.5, 0.6) is 5.75 Å². The highest BCUT2D eigenvalue weighted by atomic mass is 79.9. The summed E-state index contributed by atoms with van der Waals surface area (Å²) in [6.07, 6.45) is 1.09. The van der Waals surface area contributed by atoms with Crippen LogP contribution >= 0.6 is 31.9 Å². The molecule has 0 spiro atoms. The first-order valence-corrected chi connectivity index (χ1v) is 5.68. The van der Waals surface area contributed by atoms with Crippen LogP contribution in [0.25, 0.3) is 0 Å². The molecule has 2 nitrogen and oxygen atoms in total. The van der Waals surface area contributed by atoms with Crippen molar-refractivity contribution in [3.05, 3.63) is 26.6 Å². The molecule has 1 fully saturated rings. The Morgan fingerprint density at radius 3 is 2.62 bits per heavy atom. The minimum Gasteiger partial charge on any atom is -0.506 e. The van der Waals surface area contributed by atoms with Gasteiger partial charge in [-0.05, 0) is 41.0 Å². The maximum absolute atomic E-state index is 9.75. The largest absolute Gasteiger partial charge is 0.506 e. The van der Waals surface area contributed by atoms with Crippen molar-refractivity contribution in [3.8, 4) is 5.75 Å². The number of hydrogen-bond acceptors (Lipinski definition) is 2. The topological polar surface area (TPSA) is 32.3 Å². The van der Waals surface area contributed by atoms with E-state index in [0.29, 0.717) is 11.8 Å². The van der Waals surface area contributed by atoms with Crippen LogP contribution < -0.4 is 5.32 Å². The molecule has 0 unspecified atom stereocenters. The summed E-state index contributed by atoms with van der Waals surface area (Å²) in [6.45, 7) is 1.04. The first kappa shape index (κ1) is 9.49. The van der Waals surface area contributed by atoms with E-state index in [2.05, 4.69) is 37.2 Å². The van der Waals surface area contributed by atoms with E-state index in [1.54, 1.807) is 0 Å². The Kier molecular flexibility index (Phi) is 2.62. The average Bonchev–Trinajstić information content (AvgIpc) is 1.95. The zero-order valence-corrected chi connectivity index (χ0v) is 10.0. The minimum atomic E-state index is 0.314. The van der Waals surface area contributed by atoms with Crippen LogP contribution in [0.4, 0.5) is 0 Å². The SMILES string of the molecule is Oc1c(Br)cc(Br)cc1[C@@H]1CCN1. The van der Waals surface area contributed by atoms with Crippen molar-refractivity contribution in [2.24, 2.45) is 0 Å². The second kappa shape index (κ2) is 3.59. The Balaban J connectivity index is 2.42. The lowest BCUT2D eigenvalue weighted by Gasteiger charge is -2.29. The molecule has 0 saturated carbocycles. The lowest BCUT2D eigenvalue weighted by Crippen LogP contribution is -2.34. The number of hydrogen-bond donors (Lipinski definition) is 2. The first-order chi connectivity index (χ1) is 6.18. The Bertz CT molecular complexity index is 337. The van der Waals surface area contributed by atoms with Gasteiger partial charge in [0.25, 0.3) is 0 Å². The number of benzene rings is 1. The molecule has 1 saturated heterocycles. The molecule has 0 aliphatic carbocycles. The third kappa shape index (κ3) is 1.75. The molecule has 70 valence electrons. The van der Waals surface area contributed by atoms with E-state index in [0.717, 1.165) is 27.5 Å². The molecule has 2 N–H and O–H groups in total. The summed E-state index contributed by atoms with van der Waals surface area (Å²) in [5, 5.41) is 13.0. The van der Waals surface area contributed by atoms with E-state index in [1.165, 1.54) is 0 Å². The fourth-order valence-electron chi connectivity index (χ4n) is 1.41. The highest BCUT2D eigenvalue weighted by molar-refractivity contribution is 9.11. The summed E-state index contributed by atoms with van der Waals surface area (Å²) in [5.41, 5.74) is 0.965. The molecule has 1 aliphatic heterocycles. The van der Waals surface area contributed by atoms with Crippen molar-refractivity contribution in [3.63, 3.8) is 0 Å². The van der Waals surface area contributed by atoms with E-state index in [9.17, 15) is 5.11 Å². The van der Waals surface area contributed by atoms with Crippen LogP contribution in [-0.4, -0.2) is 11.7 Å². The van der Waals surface area contributed by atoms with E-state index in [-0.39, 0.29) is 0 Å². The number of rotatable bonds is 1. The Labute approximate surface area is 93.6 Å². The van der Waals surface area contributed by atoms with Crippen LogP contribution in [0.1, 0.15) is 18.0 Å². The highest BCUT2D eigenvalue weighted by Crippen LogP contribution is 2.37. The van der Waals surface area contributed by atoms with Crippen LogP contribution in [0.3, 0.4) is 0 Å². The second-order valence-corrected chi connectivity index (χ2v) is 4.89. The van der Waals surface area contributed by atoms with Gasteiger partial charge in [-0.3, -0.25) is 0 Å². The van der Waals surface area contributed by atoms with Gasteiger partial charge in [-0.15, -0.1) is 0 Å². The molecule has 0 aromatic heterocycles. The van der Waals surface area contributed by atoms with Gasteiger partial charge < -0.3 is 10.4 Å². The monoisotopic (exact) mass is 305 g/mol. The second-order valence-electron chi connectivity index (χ2n) is 3.12. The molecule has 1 aromatic carbocycles. The van der Waals surface area contributed by atoms with Gasteiger partial charge >= 0.3 is 0 Å². The van der Waals surface area contributed by atoms with E-state index < -0.39 is 0 Å². The highest BCUT2D eigenvalue weighted by Gasteiger charge is 2.22. The number of aromatic hydroxyl groups is 1. The van der Waals surface area contributed by atoms with Gasteiger partial charge in [-0.1, -0.05) is 15.9 Å². The normalized spacial score (nSPS) is 21.2. The van der Waals surface area contributed by atoms with Crippen LogP contribution in [-0.2, 0) is 0 Å². The summed E-state index contributed by atoms with van der Waals surface area (Å²) in [6, 6.07) is 4.11. The van der Waals surface area contributed by atoms with Crippen LogP contribution in [0, 0.1) is 0 Å². The number of halogens is 2. The summed E-state index contributed by atoms with van der Waals surface area (Å²) in [4.78, 5) is 0. The predicted octanol–water partition coefficient (Wildman–Crippen LogP) is 2.95. The first-order valence-electron chi connectivity index (χ1n) is 4.10. The minimum absolute atomic E-state index is 0.314. The fourth-order valence-corrected chi connectivity index (χ4v) is 2.66. The summed E-state index contributed by atoms with van der Waals surface area (Å²) in [7, 11) is 0. The average molecular weight is 307 g/mol. The van der Waals surface area contributed by atoms with Crippen LogP contribution in [0.2, 0.25) is 0 Å². The van der Waals surface area contributed by atoms with Crippen LogP contribution in [0.15, 0.2) is 21.1 Å². The molecule has 1 aromatic rings. The molecule has 0 amide bonds. The quantitative estimate of drug-likeness (QED) is 0.836. The molecule has 0 bridgehead atoms. The molecule has 1 heterocycles. The van der Waals surface area contributed by atoms with E-state index >= 15 is 0 Å². The summed E-state index contributed by atoms with van der Waals surface area (Å²) in [5.74, 6) is 0.348. The van der Waals surface area contributed by atoms with E-state index in [4.69, 9.17) is 0 Å². The molecule has 0 radical (unpaired) electrons. The summed E-state index contributed by atoms with van der Waals surface area (Å²) < 4.78 is 1.73. The Hall–Kier alpha value is -0.0600. The third-order valence-electron chi connectivity index (χ3n) is 2.26. The lowest BCUT2D eigenvalue weighted by molar-refractivity contribution is 0.363. The Morgan fingerprint density at radius 1 is 1.38 bits per heavy atom. The van der Waals surface area contributed by atoms with Gasteiger partial charge in [0, 0.05) is 16.1 Å². The smallest absolute Gasteiger partial charge is 0.134 e. The molecule has 13 heavy (non-hydrogen) atoms. The number of nitrogens with one attached hydrogen (secondary N) is 1. The molecule has 1 atom stereocenters. The molecule has 2 rings (SSSR count). The standard InChI is InChI=1S/C9H9Br2NO/c10-5-3-6(8-1-2-12-8)9(13)7(11)4-5/h3-4,8,12-13H,1-2H2/t8-/m0/s1. The van der Waals surface area contributed by atoms with Gasteiger partial charge in [0.1, 0.15) is 5.75 Å². The van der Waals surface area contributed by atoms with Gasteiger partial charge in [-0.2, -0.15) is 0 Å². The number of phenols is 1. The van der Waals surface area contributed by atoms with Gasteiger partial charge in [0.05, 0.1) is 4.47 Å². The maximum atomic E-state index is 9.75. The Morgan fingerprint density at radius 2 is 2.08 bits per heavy atom. The van der Waals surface area contributed by atoms with Crippen molar-refractivity contribution in [1.29, 1.82) is 0 Å². The van der Waals surface area contributed by atoms with Gasteiger partial charge in [0.15, 0.2) is 0 Å². The zero-order chi connectivity index (χ0) is 9.42. The fraction of sp³-hybridized carbons (Fsp3) is 0.333. The zero-order valence-electron chi connectivity index (χ0n) is 6.85. The molecule has 1 aliphatic rings. The maximum Gasteiger partial charge on any atom is 0.134 e. The van der Waals surface area contributed by atoms with E-state index in [1.807, 2.05) is 12.1 Å². The van der Waals surface area contributed by atoms with Crippen molar-refractivity contribution in [2.45, 2.75) is 12.5 Å². The van der Waals surface area contributed by atoms with Crippen molar-refractivity contribution in [1.82, 2.24) is 5.32 Å². The van der Waals surface area contributed by atoms with Crippen molar-refractivity contribution < 1.29 is 5.11 Å². The third-order valence-corrected chi connectivity index (χ3v) is 3.32. The van der Waals surface area contributed by atoms with Gasteiger partial charge in [0.2, 0.25) is 0 Å². The molecular formula is C9H9Br2NO. The molecule has 4 heteroatoms. The number of phenolic OH excluding ortho intramolecular Hbond substituents is 1. The molecular weight excluding hydrogens is 298 g/mol. The summed E-state index contributed by atoms with van der Waals surface area (Å²) >= 11 is 6.71. The van der Waals surface area contributed by atoms with Gasteiger partial charge in [-0.25, -0.2) is 0 Å². The lowest BCUT2D eigenvalue weighted by atomic mass is 9.97.